The first-order valence-electron chi connectivity index (χ1n) is 15.0. The molecular weight excluding hydrogens is 704 g/mol. The fraction of sp³-hybridized carbons (Fsp3) is 0.462. The number of nitrogens with one attached hydrogen (secondary N) is 2. The minimum atomic E-state index is -4.67. The number of hydrogen-bond donors (Lipinski definition) is 8. The maximum absolute atomic E-state index is 11.0. The van der Waals surface area contributed by atoms with Crippen LogP contribution in [0.1, 0.15) is 51.4 Å². The van der Waals surface area contributed by atoms with Crippen molar-refractivity contribution >= 4 is 56.4 Å². The Morgan fingerprint density at radius 1 is 0.588 bits per heavy atom. The average molecular weight is 747 g/mol. The summed E-state index contributed by atoms with van der Waals surface area (Å²) in [5, 5.41) is 49.1. The van der Waals surface area contributed by atoms with Crippen LogP contribution in [0.3, 0.4) is 0 Å². The molecule has 0 spiro atoms. The molecule has 0 saturated heterocycles. The van der Waals surface area contributed by atoms with Crippen LogP contribution in [0.5, 0.6) is 0 Å². The summed E-state index contributed by atoms with van der Waals surface area (Å²) < 4.78 is 31.6. The second-order valence-electron chi connectivity index (χ2n) is 10.2. The Labute approximate surface area is 291 Å². The first-order valence-corrected chi connectivity index (χ1v) is 16.4. The molecule has 2 aromatic rings. The second-order valence-corrected chi connectivity index (χ2v) is 11.1. The molecule has 0 heterocycles. The highest BCUT2D eigenvalue weighted by Crippen LogP contribution is 2.30. The van der Waals surface area contributed by atoms with Crippen LogP contribution in [-0.2, 0) is 10.4 Å². The van der Waals surface area contributed by atoms with Crippen LogP contribution in [0, 0.1) is 40.5 Å². The second kappa shape index (κ2) is 24.2. The van der Waals surface area contributed by atoms with Gasteiger partial charge in [0.05, 0.1) is 31.8 Å². The van der Waals surface area contributed by atoms with Gasteiger partial charge in [-0.25, -0.2) is 0 Å². The Bertz CT molecular complexity index is 1500. The lowest BCUT2D eigenvalue weighted by atomic mass is 10.2. The minimum Gasteiger partial charge on any atom is -0.379 e. The molecule has 284 valence electrons. The van der Waals surface area contributed by atoms with Crippen LogP contribution in [0.4, 0.5) is 34.1 Å². The van der Waals surface area contributed by atoms with E-state index < -0.39 is 30.1 Å². The van der Waals surface area contributed by atoms with Gasteiger partial charge in [-0.15, -0.1) is 0 Å². The molecule has 24 nitrogen and oxygen atoms in total. The lowest BCUT2D eigenvalue weighted by Gasteiger charge is -2.07. The first kappa shape index (κ1) is 45.0. The quantitative estimate of drug-likeness (QED) is 0.0241. The van der Waals surface area contributed by atoms with Crippen LogP contribution in [0.2, 0.25) is 0 Å². The van der Waals surface area contributed by atoms with E-state index in [2.05, 4.69) is 20.6 Å². The lowest BCUT2D eigenvalue weighted by molar-refractivity contribution is -0.393. The zero-order chi connectivity index (χ0) is 39.0. The minimum absolute atomic E-state index is 0.0807. The SMILES string of the molecule is NC(N)=NCCCCCCNc1ccc([N+](=O)[O-])cc1[N+](=O)[O-].NC(N)=NCCCCCCNc1ccc([N+](=O)[O-])cc1[N+](=O)[O-].O=S(=O)(O)O. The van der Waals surface area contributed by atoms with Gasteiger partial charge in [0, 0.05) is 38.3 Å². The normalized spacial score (nSPS) is 10.2. The van der Waals surface area contributed by atoms with Gasteiger partial charge in [-0.3, -0.25) is 59.5 Å². The van der Waals surface area contributed by atoms with Crippen molar-refractivity contribution in [2.75, 3.05) is 36.8 Å². The zero-order valence-electron chi connectivity index (χ0n) is 27.3. The molecular formula is C26H42N12O12S. The molecule has 2 rings (SSSR count). The van der Waals surface area contributed by atoms with Gasteiger partial charge in [0.1, 0.15) is 11.4 Å². The van der Waals surface area contributed by atoms with E-state index in [0.29, 0.717) is 26.2 Å². The predicted octanol–water partition coefficient (Wildman–Crippen LogP) is 2.84. The number of unbranched alkanes of at least 4 members (excludes halogenated alkanes) is 6. The van der Waals surface area contributed by atoms with E-state index in [0.717, 1.165) is 63.5 Å². The molecule has 0 aliphatic heterocycles. The molecule has 0 bridgehead atoms. The summed E-state index contributed by atoms with van der Waals surface area (Å²) in [5.41, 5.74) is 20.2. The van der Waals surface area contributed by atoms with E-state index in [1.807, 2.05) is 0 Å². The van der Waals surface area contributed by atoms with Crippen molar-refractivity contribution in [1.29, 1.82) is 0 Å². The van der Waals surface area contributed by atoms with E-state index >= 15 is 0 Å². The molecule has 0 atom stereocenters. The predicted molar refractivity (Wildman–Crippen MR) is 189 cm³/mol. The van der Waals surface area contributed by atoms with Crippen LogP contribution in [-0.4, -0.2) is 75.3 Å². The van der Waals surface area contributed by atoms with E-state index in [-0.39, 0.29) is 46.0 Å². The number of aliphatic imine (C=N–C) groups is 2. The van der Waals surface area contributed by atoms with Crippen molar-refractivity contribution in [1.82, 2.24) is 0 Å². The number of hydrogen-bond acceptors (Lipinski definition) is 14. The molecule has 0 aromatic heterocycles. The average Bonchev–Trinajstić information content (AvgIpc) is 3.02. The maximum atomic E-state index is 11.0. The topological polar surface area (TPSA) is 400 Å². The molecule has 25 heteroatoms. The van der Waals surface area contributed by atoms with Crippen LogP contribution < -0.4 is 33.6 Å². The molecule has 12 N–H and O–H groups in total. The molecule has 0 radical (unpaired) electrons. The Hall–Kier alpha value is -5.95. The molecule has 2 aromatic carbocycles. The van der Waals surface area contributed by atoms with Gasteiger partial charge in [-0.1, -0.05) is 25.7 Å². The number of nitrogens with zero attached hydrogens (tertiary/aromatic N) is 6. The van der Waals surface area contributed by atoms with Gasteiger partial charge in [0.2, 0.25) is 0 Å². The third-order valence-electron chi connectivity index (χ3n) is 6.17. The fourth-order valence-electron chi connectivity index (χ4n) is 3.91. The number of rotatable bonds is 20. The molecule has 0 fully saturated rings. The number of guanidine groups is 2. The number of nitro benzene ring substituents is 4. The summed E-state index contributed by atoms with van der Waals surface area (Å²) in [4.78, 5) is 48.4. The van der Waals surface area contributed by atoms with Gasteiger partial charge in [-0.05, 0) is 37.8 Å². The molecule has 0 amide bonds. The fourth-order valence-corrected chi connectivity index (χ4v) is 3.91. The zero-order valence-corrected chi connectivity index (χ0v) is 28.1. The Balaban J connectivity index is 0.000000865. The Morgan fingerprint density at radius 3 is 1.18 bits per heavy atom. The summed E-state index contributed by atoms with van der Waals surface area (Å²) in [5.74, 6) is 0.161. The summed E-state index contributed by atoms with van der Waals surface area (Å²) in [6.45, 7) is 2.26. The molecule has 0 saturated carbocycles. The number of nitro groups is 4. The molecule has 0 aliphatic rings. The number of nitrogens with two attached hydrogens (primary N) is 4. The number of non-ortho nitro benzene ring substituents is 2. The van der Waals surface area contributed by atoms with Crippen molar-refractivity contribution < 1.29 is 37.2 Å². The van der Waals surface area contributed by atoms with Gasteiger partial charge >= 0.3 is 10.4 Å². The van der Waals surface area contributed by atoms with Crippen LogP contribution in [0.25, 0.3) is 0 Å². The summed E-state index contributed by atoms with van der Waals surface area (Å²) in [6, 6.07) is 7.11. The lowest BCUT2D eigenvalue weighted by Crippen LogP contribution is -2.22. The van der Waals surface area contributed by atoms with Crippen molar-refractivity contribution in [2.24, 2.45) is 32.9 Å². The van der Waals surface area contributed by atoms with Crippen molar-refractivity contribution in [3.8, 4) is 0 Å². The summed E-state index contributed by atoms with van der Waals surface area (Å²) >= 11 is 0. The van der Waals surface area contributed by atoms with E-state index in [4.69, 9.17) is 40.5 Å². The standard InChI is InChI=1S/2C13H20N6O4.H2O4S/c2*14-13(15)17-8-4-2-1-3-7-16-11-6-5-10(18(20)21)9-12(11)19(22)23;1-5(2,3)4/h2*5-6,9,16H,1-4,7-8H2,(H4,14,15,17);(H2,1,2,3,4). The molecule has 51 heavy (non-hydrogen) atoms. The highest BCUT2D eigenvalue weighted by molar-refractivity contribution is 7.79. The number of anilines is 2. The highest BCUT2D eigenvalue weighted by Gasteiger charge is 2.20. The van der Waals surface area contributed by atoms with E-state index in [1.54, 1.807) is 0 Å². The van der Waals surface area contributed by atoms with Crippen molar-refractivity contribution in [2.45, 2.75) is 51.4 Å². The Morgan fingerprint density at radius 2 is 0.902 bits per heavy atom. The first-order chi connectivity index (χ1) is 23.8. The van der Waals surface area contributed by atoms with E-state index in [9.17, 15) is 40.5 Å². The van der Waals surface area contributed by atoms with Gasteiger partial charge < -0.3 is 33.6 Å². The highest BCUT2D eigenvalue weighted by atomic mass is 32.3. The van der Waals surface area contributed by atoms with Gasteiger partial charge in [0.15, 0.2) is 11.9 Å². The third kappa shape index (κ3) is 23.1. The third-order valence-corrected chi connectivity index (χ3v) is 6.17. The largest absolute Gasteiger partial charge is 0.394 e. The summed E-state index contributed by atoms with van der Waals surface area (Å²) in [7, 11) is -4.67. The Kier molecular flexibility index (Phi) is 21.4. The smallest absolute Gasteiger partial charge is 0.379 e. The summed E-state index contributed by atoms with van der Waals surface area (Å²) in [6.07, 6.45) is 7.11. The monoisotopic (exact) mass is 746 g/mol. The van der Waals surface area contributed by atoms with Gasteiger partial charge in [-0.2, -0.15) is 8.42 Å². The van der Waals surface area contributed by atoms with E-state index in [1.165, 1.54) is 24.3 Å². The maximum Gasteiger partial charge on any atom is 0.394 e. The van der Waals surface area contributed by atoms with Crippen molar-refractivity contribution in [3.63, 3.8) is 0 Å². The number of benzene rings is 2. The van der Waals surface area contributed by atoms with Crippen LogP contribution in [0.15, 0.2) is 46.4 Å². The van der Waals surface area contributed by atoms with Gasteiger partial charge in [0.25, 0.3) is 22.7 Å². The molecule has 0 aliphatic carbocycles. The molecule has 0 unspecified atom stereocenters. The van der Waals surface area contributed by atoms with Crippen LogP contribution >= 0.6 is 0 Å². The van der Waals surface area contributed by atoms with Crippen molar-refractivity contribution in [3.05, 3.63) is 76.9 Å².